The highest BCUT2D eigenvalue weighted by atomic mass is 32.1. The van der Waals surface area contributed by atoms with Crippen LogP contribution in [0, 0.1) is 0 Å². The molecule has 1 aromatic heterocycles. The fourth-order valence-electron chi connectivity index (χ4n) is 4.24. The summed E-state index contributed by atoms with van der Waals surface area (Å²) in [5.41, 5.74) is 2.31. The standard InChI is InChI=1S/C25H28N2O2S/c1-17(2)26-25(29)24-23(20-10-6-7-11-21(20)30-24)19-14-15-27(16-19)22(28)13-12-18-8-4-3-5-9-18/h3-11,17,19H,12-16H2,1-2H3,(H,26,29)/t19-/m0/s1. The van der Waals surface area contributed by atoms with Crippen LogP contribution >= 0.6 is 11.3 Å². The van der Waals surface area contributed by atoms with E-state index in [4.69, 9.17) is 0 Å². The predicted molar refractivity (Wildman–Crippen MR) is 123 cm³/mol. The minimum absolute atomic E-state index is 0.00458. The van der Waals surface area contributed by atoms with Crippen molar-refractivity contribution >= 4 is 33.2 Å². The minimum Gasteiger partial charge on any atom is -0.349 e. The highest BCUT2D eigenvalue weighted by molar-refractivity contribution is 7.21. The van der Waals surface area contributed by atoms with Gasteiger partial charge in [0, 0.05) is 36.2 Å². The van der Waals surface area contributed by atoms with Gasteiger partial charge >= 0.3 is 0 Å². The number of thiophene rings is 1. The summed E-state index contributed by atoms with van der Waals surface area (Å²) >= 11 is 1.56. The molecular formula is C25H28N2O2S. The third kappa shape index (κ3) is 4.41. The van der Waals surface area contributed by atoms with Crippen molar-refractivity contribution in [2.75, 3.05) is 13.1 Å². The molecule has 0 aliphatic carbocycles. The predicted octanol–water partition coefficient (Wildman–Crippen LogP) is 4.99. The van der Waals surface area contributed by atoms with E-state index in [0.29, 0.717) is 13.0 Å². The van der Waals surface area contributed by atoms with Crippen LogP contribution in [-0.4, -0.2) is 35.8 Å². The molecule has 2 amide bonds. The van der Waals surface area contributed by atoms with Gasteiger partial charge in [-0.25, -0.2) is 0 Å². The molecule has 3 aromatic rings. The molecule has 1 aliphatic heterocycles. The largest absolute Gasteiger partial charge is 0.349 e. The molecule has 4 nitrogen and oxygen atoms in total. The second-order valence-electron chi connectivity index (χ2n) is 8.28. The molecule has 2 aromatic carbocycles. The second-order valence-corrected chi connectivity index (χ2v) is 9.33. The summed E-state index contributed by atoms with van der Waals surface area (Å²) in [6, 6.07) is 18.5. The fraction of sp³-hybridized carbons (Fsp3) is 0.360. The van der Waals surface area contributed by atoms with Gasteiger partial charge in [0.15, 0.2) is 0 Å². The van der Waals surface area contributed by atoms with Crippen LogP contribution in [0.15, 0.2) is 54.6 Å². The molecule has 1 fully saturated rings. The molecule has 0 bridgehead atoms. The first kappa shape index (κ1) is 20.6. The van der Waals surface area contributed by atoms with Gasteiger partial charge in [0.1, 0.15) is 0 Å². The number of amides is 2. The first-order chi connectivity index (χ1) is 14.5. The number of nitrogens with one attached hydrogen (secondary N) is 1. The SMILES string of the molecule is CC(C)NC(=O)c1sc2ccccc2c1[C@H]1CCN(C(=O)CCc2ccccc2)C1. The summed E-state index contributed by atoms with van der Waals surface area (Å²) in [6.45, 7) is 5.41. The molecule has 4 rings (SSSR count). The third-order valence-corrected chi connectivity index (χ3v) is 6.86. The Hall–Kier alpha value is -2.66. The van der Waals surface area contributed by atoms with Crippen LogP contribution in [0.3, 0.4) is 0 Å². The van der Waals surface area contributed by atoms with Crippen LogP contribution in [0.4, 0.5) is 0 Å². The summed E-state index contributed by atoms with van der Waals surface area (Å²) < 4.78 is 1.13. The molecule has 0 spiro atoms. The van der Waals surface area contributed by atoms with Gasteiger partial charge in [0.05, 0.1) is 4.88 Å². The zero-order valence-electron chi connectivity index (χ0n) is 17.6. The van der Waals surface area contributed by atoms with Crippen LogP contribution < -0.4 is 5.32 Å². The number of carbonyl (C=O) groups is 2. The molecule has 0 radical (unpaired) electrons. The van der Waals surface area contributed by atoms with Gasteiger partial charge in [-0.15, -0.1) is 11.3 Å². The number of rotatable bonds is 6. The van der Waals surface area contributed by atoms with Gasteiger partial charge in [0.2, 0.25) is 5.91 Å². The number of fused-ring (bicyclic) bond motifs is 1. The van der Waals surface area contributed by atoms with Gasteiger partial charge in [0.25, 0.3) is 5.91 Å². The topological polar surface area (TPSA) is 49.4 Å². The molecule has 1 N–H and O–H groups in total. The number of nitrogens with zero attached hydrogens (tertiary/aromatic N) is 1. The molecule has 1 atom stereocenters. The van der Waals surface area contributed by atoms with Gasteiger partial charge in [-0.05, 0) is 49.3 Å². The Balaban J connectivity index is 1.52. The summed E-state index contributed by atoms with van der Waals surface area (Å²) in [5, 5.41) is 4.20. The zero-order valence-corrected chi connectivity index (χ0v) is 18.4. The summed E-state index contributed by atoms with van der Waals surface area (Å²) in [7, 11) is 0. The highest BCUT2D eigenvalue weighted by Gasteiger charge is 2.32. The van der Waals surface area contributed by atoms with Gasteiger partial charge in [-0.2, -0.15) is 0 Å². The van der Waals surface area contributed by atoms with E-state index < -0.39 is 0 Å². The number of hydrogen-bond acceptors (Lipinski definition) is 3. The Kier molecular flexibility index (Phi) is 6.18. The lowest BCUT2D eigenvalue weighted by molar-refractivity contribution is -0.130. The van der Waals surface area contributed by atoms with E-state index in [-0.39, 0.29) is 23.8 Å². The maximum atomic E-state index is 12.9. The molecule has 5 heteroatoms. The number of hydrogen-bond donors (Lipinski definition) is 1. The monoisotopic (exact) mass is 420 g/mol. The number of benzene rings is 2. The van der Waals surface area contributed by atoms with Crippen molar-refractivity contribution < 1.29 is 9.59 Å². The van der Waals surface area contributed by atoms with E-state index >= 15 is 0 Å². The first-order valence-corrected chi connectivity index (χ1v) is 11.5. The van der Waals surface area contributed by atoms with E-state index in [0.717, 1.165) is 39.9 Å². The maximum absolute atomic E-state index is 12.9. The van der Waals surface area contributed by atoms with Crippen LogP contribution in [0.2, 0.25) is 0 Å². The van der Waals surface area contributed by atoms with Gasteiger partial charge in [-0.3, -0.25) is 9.59 Å². The van der Waals surface area contributed by atoms with E-state index in [1.807, 2.05) is 49.1 Å². The lowest BCUT2D eigenvalue weighted by atomic mass is 9.95. The van der Waals surface area contributed by atoms with Crippen LogP contribution in [0.1, 0.15) is 53.4 Å². The summed E-state index contributed by atoms with van der Waals surface area (Å²) in [4.78, 5) is 28.5. The lowest BCUT2D eigenvalue weighted by Crippen LogP contribution is -2.31. The number of carbonyl (C=O) groups excluding carboxylic acids is 2. The van der Waals surface area contributed by atoms with Crippen LogP contribution in [-0.2, 0) is 11.2 Å². The van der Waals surface area contributed by atoms with Crippen molar-refractivity contribution in [1.29, 1.82) is 0 Å². The number of likely N-dealkylation sites (tertiary alicyclic amines) is 1. The Morgan fingerprint density at radius 2 is 1.83 bits per heavy atom. The van der Waals surface area contributed by atoms with Crippen molar-refractivity contribution in [3.63, 3.8) is 0 Å². The molecule has 1 saturated heterocycles. The molecule has 0 unspecified atom stereocenters. The van der Waals surface area contributed by atoms with Crippen LogP contribution in [0.5, 0.6) is 0 Å². The van der Waals surface area contributed by atoms with E-state index in [1.165, 1.54) is 5.56 Å². The molecule has 1 aliphatic rings. The van der Waals surface area contributed by atoms with E-state index in [9.17, 15) is 9.59 Å². The highest BCUT2D eigenvalue weighted by Crippen LogP contribution is 2.40. The molecular weight excluding hydrogens is 392 g/mol. The van der Waals surface area contributed by atoms with Gasteiger partial charge < -0.3 is 10.2 Å². The third-order valence-electron chi connectivity index (χ3n) is 5.68. The average molecular weight is 421 g/mol. The molecule has 156 valence electrons. The van der Waals surface area contributed by atoms with Crippen molar-refractivity contribution in [2.24, 2.45) is 0 Å². The summed E-state index contributed by atoms with van der Waals surface area (Å²) in [5.74, 6) is 0.402. The Bertz CT molecular complexity index is 1040. The normalized spacial score (nSPS) is 16.4. The average Bonchev–Trinajstić information content (AvgIpc) is 3.37. The maximum Gasteiger partial charge on any atom is 0.261 e. The Morgan fingerprint density at radius 1 is 1.10 bits per heavy atom. The molecule has 2 heterocycles. The fourth-order valence-corrected chi connectivity index (χ4v) is 5.44. The molecule has 30 heavy (non-hydrogen) atoms. The van der Waals surface area contributed by atoms with Crippen molar-refractivity contribution in [3.05, 3.63) is 70.6 Å². The smallest absolute Gasteiger partial charge is 0.261 e. The van der Waals surface area contributed by atoms with Crippen LogP contribution in [0.25, 0.3) is 10.1 Å². The quantitative estimate of drug-likeness (QED) is 0.611. The Morgan fingerprint density at radius 3 is 2.60 bits per heavy atom. The number of aryl methyl sites for hydroxylation is 1. The van der Waals surface area contributed by atoms with Gasteiger partial charge in [-0.1, -0.05) is 48.5 Å². The second kappa shape index (κ2) is 9.00. The first-order valence-electron chi connectivity index (χ1n) is 10.7. The zero-order chi connectivity index (χ0) is 21.1. The lowest BCUT2D eigenvalue weighted by Gasteiger charge is -2.17. The van der Waals surface area contributed by atoms with Crippen molar-refractivity contribution in [1.82, 2.24) is 10.2 Å². The van der Waals surface area contributed by atoms with Crippen molar-refractivity contribution in [2.45, 2.75) is 45.1 Å². The minimum atomic E-state index is -0.00458. The van der Waals surface area contributed by atoms with Crippen molar-refractivity contribution in [3.8, 4) is 0 Å². The van der Waals surface area contributed by atoms with E-state index in [2.05, 4.69) is 29.6 Å². The molecule has 0 saturated carbocycles. The summed E-state index contributed by atoms with van der Waals surface area (Å²) in [6.07, 6.45) is 2.20. The Labute approximate surface area is 181 Å². The van der Waals surface area contributed by atoms with E-state index in [1.54, 1.807) is 11.3 Å².